The zero-order valence-corrected chi connectivity index (χ0v) is 15.6. The second-order valence-electron chi connectivity index (χ2n) is 6.68. The number of alkyl halides is 2. The molecule has 0 saturated carbocycles. The Hall–Kier alpha value is -2.96. The Balaban J connectivity index is 2.10. The number of halogens is 2. The molecule has 1 heterocycles. The van der Waals surface area contributed by atoms with Gasteiger partial charge in [0.25, 0.3) is 5.91 Å². The van der Waals surface area contributed by atoms with E-state index in [0.717, 1.165) is 12.0 Å². The van der Waals surface area contributed by atoms with Crippen molar-refractivity contribution in [3.63, 3.8) is 0 Å². The van der Waals surface area contributed by atoms with E-state index in [0.29, 0.717) is 16.9 Å². The van der Waals surface area contributed by atoms with Crippen molar-refractivity contribution in [3.8, 4) is 5.75 Å². The van der Waals surface area contributed by atoms with E-state index in [1.54, 1.807) is 54.6 Å². The van der Waals surface area contributed by atoms with Crippen LogP contribution in [0.4, 0.5) is 8.78 Å². The van der Waals surface area contributed by atoms with E-state index in [1.165, 1.54) is 7.11 Å². The Morgan fingerprint density at radius 2 is 1.86 bits per heavy atom. The first-order valence-electron chi connectivity index (χ1n) is 8.82. The first-order chi connectivity index (χ1) is 13.4. The molecule has 1 amide bonds. The van der Waals surface area contributed by atoms with Gasteiger partial charge in [-0.1, -0.05) is 42.5 Å². The van der Waals surface area contributed by atoms with Gasteiger partial charge in [-0.05, 0) is 23.3 Å². The highest BCUT2D eigenvalue weighted by Crippen LogP contribution is 2.44. The number of piperidine rings is 1. The molecule has 7 heteroatoms. The Bertz CT molecular complexity index is 856. The number of benzene rings is 2. The van der Waals surface area contributed by atoms with Crippen molar-refractivity contribution in [2.45, 2.75) is 24.9 Å². The molecule has 5 nitrogen and oxygen atoms in total. The van der Waals surface area contributed by atoms with Crippen LogP contribution in [-0.4, -0.2) is 36.9 Å². The van der Waals surface area contributed by atoms with Gasteiger partial charge in [-0.2, -0.15) is 8.78 Å². The van der Waals surface area contributed by atoms with Gasteiger partial charge in [0.1, 0.15) is 5.75 Å². The summed E-state index contributed by atoms with van der Waals surface area (Å²) in [5.41, 5.74) is 1.22. The van der Waals surface area contributed by atoms with E-state index in [1.807, 2.05) is 0 Å². The minimum atomic E-state index is -3.65. The summed E-state index contributed by atoms with van der Waals surface area (Å²) in [6, 6.07) is 14.7. The van der Waals surface area contributed by atoms with Crippen LogP contribution in [0.3, 0.4) is 0 Å². The molecular formula is C21H21F2NO4. The maximum absolute atomic E-state index is 14.5. The second kappa shape index (κ2) is 7.96. The maximum Gasteiger partial charge on any atom is 0.325 e. The third kappa shape index (κ3) is 3.83. The quantitative estimate of drug-likeness (QED) is 0.734. The molecule has 3 rings (SSSR count). The fraction of sp³-hybridized carbons (Fsp3) is 0.333. The van der Waals surface area contributed by atoms with E-state index in [2.05, 4.69) is 0 Å². The molecule has 1 aliphatic heterocycles. The van der Waals surface area contributed by atoms with Gasteiger partial charge in [0, 0.05) is 13.0 Å². The van der Waals surface area contributed by atoms with Crippen LogP contribution in [0.25, 0.3) is 0 Å². The highest BCUT2D eigenvalue weighted by atomic mass is 19.3. The molecule has 0 aliphatic carbocycles. The van der Waals surface area contributed by atoms with Gasteiger partial charge in [0.05, 0.1) is 26.2 Å². The van der Waals surface area contributed by atoms with Crippen LogP contribution in [0.1, 0.15) is 23.6 Å². The molecule has 0 N–H and O–H groups in total. The molecule has 0 unspecified atom stereocenters. The summed E-state index contributed by atoms with van der Waals surface area (Å²) in [5.74, 6) is -6.43. The second-order valence-corrected chi connectivity index (χ2v) is 6.68. The van der Waals surface area contributed by atoms with Gasteiger partial charge in [-0.3, -0.25) is 9.59 Å². The number of amides is 1. The van der Waals surface area contributed by atoms with Crippen LogP contribution in [0.5, 0.6) is 5.75 Å². The highest BCUT2D eigenvalue weighted by molar-refractivity contribution is 5.88. The number of ether oxygens (including phenoxy) is 2. The third-order valence-corrected chi connectivity index (χ3v) is 4.90. The van der Waals surface area contributed by atoms with Crippen LogP contribution < -0.4 is 4.74 Å². The summed E-state index contributed by atoms with van der Waals surface area (Å²) < 4.78 is 39.0. The molecule has 2 aromatic rings. The van der Waals surface area contributed by atoms with Crippen molar-refractivity contribution >= 4 is 11.9 Å². The molecule has 0 aromatic heterocycles. The summed E-state index contributed by atoms with van der Waals surface area (Å²) >= 11 is 0. The van der Waals surface area contributed by atoms with Gasteiger partial charge in [0.15, 0.2) is 0 Å². The average molecular weight is 389 g/mol. The van der Waals surface area contributed by atoms with Crippen molar-refractivity contribution in [2.75, 3.05) is 14.2 Å². The Kier molecular flexibility index (Phi) is 5.63. The number of rotatable bonds is 5. The van der Waals surface area contributed by atoms with Crippen molar-refractivity contribution in [3.05, 3.63) is 65.7 Å². The molecule has 1 fully saturated rings. The standard InChI is InChI=1S/C21H21F2NO4/c1-27-16-10-6-9-15(11-16)18-17(19(25)28-2)12-21(22,23)20(26)24(18)13-14-7-4-3-5-8-14/h3-11,17-18H,12-13H2,1-2H3/t17-,18+/m0/s1. The smallest absolute Gasteiger partial charge is 0.325 e. The number of hydrogen-bond acceptors (Lipinski definition) is 4. The number of hydrogen-bond donors (Lipinski definition) is 0. The number of carbonyl (C=O) groups is 2. The van der Waals surface area contributed by atoms with E-state index in [9.17, 15) is 18.4 Å². The van der Waals surface area contributed by atoms with E-state index >= 15 is 0 Å². The topological polar surface area (TPSA) is 55.8 Å². The Morgan fingerprint density at radius 1 is 1.14 bits per heavy atom. The normalized spacial score (nSPS) is 21.3. The van der Waals surface area contributed by atoms with Crippen molar-refractivity contribution < 1.29 is 27.8 Å². The summed E-state index contributed by atoms with van der Waals surface area (Å²) in [6.45, 7) is -0.0510. The maximum atomic E-state index is 14.5. The minimum absolute atomic E-state index is 0.0510. The number of carbonyl (C=O) groups excluding carboxylic acids is 2. The lowest BCUT2D eigenvalue weighted by molar-refractivity contribution is -0.182. The monoisotopic (exact) mass is 389 g/mol. The highest BCUT2D eigenvalue weighted by Gasteiger charge is 2.55. The lowest BCUT2D eigenvalue weighted by Crippen LogP contribution is -2.55. The molecule has 148 valence electrons. The summed E-state index contributed by atoms with van der Waals surface area (Å²) in [4.78, 5) is 26.1. The van der Waals surface area contributed by atoms with Gasteiger partial charge >= 0.3 is 11.9 Å². The lowest BCUT2D eigenvalue weighted by atomic mass is 9.82. The van der Waals surface area contributed by atoms with E-state index < -0.39 is 36.2 Å². The minimum Gasteiger partial charge on any atom is -0.497 e. The van der Waals surface area contributed by atoms with E-state index in [4.69, 9.17) is 9.47 Å². The van der Waals surface area contributed by atoms with Gasteiger partial charge in [0.2, 0.25) is 0 Å². The lowest BCUT2D eigenvalue weighted by Gasteiger charge is -2.43. The number of nitrogens with zero attached hydrogens (tertiary/aromatic N) is 1. The molecule has 2 atom stereocenters. The summed E-state index contributed by atoms with van der Waals surface area (Å²) in [6.07, 6.45) is -0.897. The average Bonchev–Trinajstić information content (AvgIpc) is 2.71. The molecule has 0 bridgehead atoms. The molecular weight excluding hydrogens is 368 g/mol. The predicted octanol–water partition coefficient (Wildman–Crippen LogP) is 3.59. The van der Waals surface area contributed by atoms with Crippen molar-refractivity contribution in [1.29, 1.82) is 0 Å². The first-order valence-corrected chi connectivity index (χ1v) is 8.82. The summed E-state index contributed by atoms with van der Waals surface area (Å²) in [5, 5.41) is 0. The van der Waals surface area contributed by atoms with Crippen LogP contribution in [-0.2, 0) is 20.9 Å². The fourth-order valence-electron chi connectivity index (χ4n) is 3.58. The molecule has 2 aromatic carbocycles. The predicted molar refractivity (Wildman–Crippen MR) is 97.8 cm³/mol. The molecule has 28 heavy (non-hydrogen) atoms. The van der Waals surface area contributed by atoms with Crippen LogP contribution in [0.15, 0.2) is 54.6 Å². The number of likely N-dealkylation sites (tertiary alicyclic amines) is 1. The van der Waals surface area contributed by atoms with Gasteiger partial charge < -0.3 is 14.4 Å². The fourth-order valence-corrected chi connectivity index (χ4v) is 3.58. The molecule has 0 spiro atoms. The van der Waals surface area contributed by atoms with Crippen LogP contribution in [0.2, 0.25) is 0 Å². The van der Waals surface area contributed by atoms with Crippen molar-refractivity contribution in [1.82, 2.24) is 4.90 Å². The van der Waals surface area contributed by atoms with Gasteiger partial charge in [-0.15, -0.1) is 0 Å². The number of methoxy groups -OCH3 is 2. The zero-order chi connectivity index (χ0) is 20.3. The number of esters is 1. The first kappa shape index (κ1) is 19.8. The molecule has 1 saturated heterocycles. The molecule has 1 aliphatic rings. The summed E-state index contributed by atoms with van der Waals surface area (Å²) in [7, 11) is 2.64. The van der Waals surface area contributed by atoms with E-state index in [-0.39, 0.29) is 6.54 Å². The Morgan fingerprint density at radius 3 is 2.50 bits per heavy atom. The van der Waals surface area contributed by atoms with Gasteiger partial charge in [-0.25, -0.2) is 0 Å². The largest absolute Gasteiger partial charge is 0.497 e. The zero-order valence-electron chi connectivity index (χ0n) is 15.6. The third-order valence-electron chi connectivity index (χ3n) is 4.90. The molecule has 0 radical (unpaired) electrons. The van der Waals surface area contributed by atoms with Crippen molar-refractivity contribution in [2.24, 2.45) is 5.92 Å². The SMILES string of the molecule is COC(=O)[C@H]1CC(F)(F)C(=O)N(Cc2ccccc2)[C@@H]1c1cccc(OC)c1. The van der Waals surface area contributed by atoms with Crippen LogP contribution in [0, 0.1) is 5.92 Å². The van der Waals surface area contributed by atoms with Crippen LogP contribution >= 0.6 is 0 Å². The Labute approximate surface area is 161 Å².